The van der Waals surface area contributed by atoms with Crippen LogP contribution in [-0.4, -0.2) is 53.8 Å². The van der Waals surface area contributed by atoms with Gasteiger partial charge in [0.15, 0.2) is 5.11 Å². The molecular formula is C21H23N3O4S. The van der Waals surface area contributed by atoms with E-state index in [4.69, 9.17) is 21.7 Å². The van der Waals surface area contributed by atoms with Gasteiger partial charge in [0.1, 0.15) is 11.3 Å². The molecule has 0 radical (unpaired) electrons. The Kier molecular flexibility index (Phi) is 6.14. The summed E-state index contributed by atoms with van der Waals surface area (Å²) in [5.41, 5.74) is 3.70. The van der Waals surface area contributed by atoms with E-state index >= 15 is 0 Å². The topological polar surface area (TPSA) is 72.8 Å². The van der Waals surface area contributed by atoms with E-state index in [0.717, 1.165) is 28.4 Å². The van der Waals surface area contributed by atoms with Crippen molar-refractivity contribution in [3.8, 4) is 11.4 Å². The Bertz CT molecular complexity index is 992. The first-order chi connectivity index (χ1) is 13.9. The van der Waals surface area contributed by atoms with E-state index in [0.29, 0.717) is 6.61 Å². The zero-order chi connectivity index (χ0) is 21.1. The van der Waals surface area contributed by atoms with Gasteiger partial charge < -0.3 is 14.0 Å². The molecule has 0 aliphatic carbocycles. The second-order valence-corrected chi connectivity index (χ2v) is 7.01. The smallest absolute Gasteiger partial charge is 0.265 e. The van der Waals surface area contributed by atoms with Gasteiger partial charge in [-0.15, -0.1) is 0 Å². The average molecular weight is 413 g/mol. The number of hydrogen-bond donors (Lipinski definition) is 1. The number of aromatic nitrogens is 1. The van der Waals surface area contributed by atoms with Gasteiger partial charge in [0, 0.05) is 24.2 Å². The predicted octanol–water partition coefficient (Wildman–Crippen LogP) is 2.38. The van der Waals surface area contributed by atoms with Crippen molar-refractivity contribution in [1.82, 2.24) is 14.8 Å². The molecule has 2 heterocycles. The van der Waals surface area contributed by atoms with Crippen LogP contribution in [0.1, 0.15) is 17.0 Å². The molecule has 29 heavy (non-hydrogen) atoms. The Morgan fingerprint density at radius 3 is 2.45 bits per heavy atom. The minimum atomic E-state index is -0.497. The summed E-state index contributed by atoms with van der Waals surface area (Å²) < 4.78 is 12.3. The van der Waals surface area contributed by atoms with E-state index in [2.05, 4.69) is 9.88 Å². The van der Waals surface area contributed by atoms with Crippen molar-refractivity contribution in [3.05, 3.63) is 52.9 Å². The van der Waals surface area contributed by atoms with E-state index in [1.165, 1.54) is 4.90 Å². The fourth-order valence-corrected chi connectivity index (χ4v) is 3.56. The van der Waals surface area contributed by atoms with Gasteiger partial charge in [0.2, 0.25) is 0 Å². The number of carbonyl (C=O) groups is 2. The van der Waals surface area contributed by atoms with Gasteiger partial charge in [0.05, 0.1) is 20.3 Å². The molecule has 1 fully saturated rings. The van der Waals surface area contributed by atoms with Crippen molar-refractivity contribution >= 4 is 35.2 Å². The first-order valence-electron chi connectivity index (χ1n) is 9.08. The minimum absolute atomic E-state index is 0.0460. The highest BCUT2D eigenvalue weighted by Crippen LogP contribution is 2.25. The van der Waals surface area contributed by atoms with Crippen LogP contribution in [0.4, 0.5) is 0 Å². The maximum atomic E-state index is 12.8. The molecule has 0 bridgehead atoms. The van der Waals surface area contributed by atoms with Gasteiger partial charge in [-0.1, -0.05) is 0 Å². The Balaban J connectivity index is 1.98. The summed E-state index contributed by atoms with van der Waals surface area (Å²) in [6, 6.07) is 9.63. The number of nitrogens with zero attached hydrogens (tertiary/aromatic N) is 2. The van der Waals surface area contributed by atoms with Crippen LogP contribution in [0.15, 0.2) is 35.9 Å². The van der Waals surface area contributed by atoms with Crippen LogP contribution in [0.25, 0.3) is 11.8 Å². The van der Waals surface area contributed by atoms with Gasteiger partial charge in [-0.05, 0) is 68.0 Å². The van der Waals surface area contributed by atoms with Crippen molar-refractivity contribution in [1.29, 1.82) is 0 Å². The minimum Gasteiger partial charge on any atom is -0.497 e. The number of aryl methyl sites for hydroxylation is 1. The molecule has 8 heteroatoms. The number of carbonyl (C=O) groups excluding carboxylic acids is 2. The first-order valence-corrected chi connectivity index (χ1v) is 9.49. The van der Waals surface area contributed by atoms with E-state index < -0.39 is 11.8 Å². The molecule has 7 nitrogen and oxygen atoms in total. The molecule has 1 aromatic carbocycles. The largest absolute Gasteiger partial charge is 0.497 e. The molecule has 1 aromatic heterocycles. The second kappa shape index (κ2) is 8.59. The first kappa shape index (κ1) is 20.8. The molecule has 0 unspecified atom stereocenters. The lowest BCUT2D eigenvalue weighted by molar-refractivity contribution is -0.129. The molecule has 1 N–H and O–H groups in total. The summed E-state index contributed by atoms with van der Waals surface area (Å²) in [4.78, 5) is 26.6. The van der Waals surface area contributed by atoms with Crippen LogP contribution in [0.5, 0.6) is 5.75 Å². The highest BCUT2D eigenvalue weighted by molar-refractivity contribution is 7.80. The molecule has 3 rings (SSSR count). The van der Waals surface area contributed by atoms with Crippen LogP contribution in [0, 0.1) is 13.8 Å². The van der Waals surface area contributed by atoms with Crippen molar-refractivity contribution in [2.45, 2.75) is 13.8 Å². The van der Waals surface area contributed by atoms with Gasteiger partial charge in [-0.3, -0.25) is 19.8 Å². The summed E-state index contributed by atoms with van der Waals surface area (Å²) >= 11 is 5.12. The van der Waals surface area contributed by atoms with Gasteiger partial charge in [-0.25, -0.2) is 0 Å². The third kappa shape index (κ3) is 4.08. The molecule has 0 saturated carbocycles. The van der Waals surface area contributed by atoms with Crippen LogP contribution in [0.3, 0.4) is 0 Å². The summed E-state index contributed by atoms with van der Waals surface area (Å²) in [6.07, 6.45) is 1.61. The van der Waals surface area contributed by atoms with E-state index in [9.17, 15) is 9.59 Å². The van der Waals surface area contributed by atoms with E-state index in [-0.39, 0.29) is 17.2 Å². The van der Waals surface area contributed by atoms with Gasteiger partial charge >= 0.3 is 0 Å². The Morgan fingerprint density at radius 2 is 1.83 bits per heavy atom. The zero-order valence-corrected chi connectivity index (χ0v) is 17.6. The summed E-state index contributed by atoms with van der Waals surface area (Å²) in [5, 5.41) is 2.67. The lowest BCUT2D eigenvalue weighted by atomic mass is 10.1. The van der Waals surface area contributed by atoms with Gasteiger partial charge in [-0.2, -0.15) is 0 Å². The zero-order valence-electron chi connectivity index (χ0n) is 16.8. The Hall–Kier alpha value is -2.97. The molecule has 152 valence electrons. The molecule has 0 spiro atoms. The molecule has 1 aliphatic heterocycles. The Morgan fingerprint density at radius 1 is 1.14 bits per heavy atom. The van der Waals surface area contributed by atoms with Crippen molar-refractivity contribution in [2.24, 2.45) is 0 Å². The average Bonchev–Trinajstić information content (AvgIpc) is 2.98. The SMILES string of the molecule is COCCN1C(=O)/C(=C\c2cc(C)n(-c3ccc(OC)cc3)c2C)C(=O)NC1=S. The normalized spacial score (nSPS) is 15.8. The Labute approximate surface area is 174 Å². The number of amides is 2. The second-order valence-electron chi connectivity index (χ2n) is 6.63. The molecule has 1 aliphatic rings. The fraction of sp³-hybridized carbons (Fsp3) is 0.286. The maximum Gasteiger partial charge on any atom is 0.265 e. The fourth-order valence-electron chi connectivity index (χ4n) is 3.30. The monoisotopic (exact) mass is 413 g/mol. The number of hydrogen-bond acceptors (Lipinski definition) is 5. The highest BCUT2D eigenvalue weighted by Gasteiger charge is 2.33. The molecule has 1 saturated heterocycles. The molecule has 2 amide bonds. The number of rotatable bonds is 6. The van der Waals surface area contributed by atoms with Gasteiger partial charge in [0.25, 0.3) is 11.8 Å². The van der Waals surface area contributed by atoms with E-state index in [1.807, 2.05) is 44.2 Å². The van der Waals surface area contributed by atoms with Crippen LogP contribution in [-0.2, 0) is 14.3 Å². The lowest BCUT2D eigenvalue weighted by Gasteiger charge is -2.28. The molecular weight excluding hydrogens is 390 g/mol. The maximum absolute atomic E-state index is 12.8. The third-order valence-corrected chi connectivity index (χ3v) is 5.13. The standard InChI is InChI=1S/C21H23N3O4S/c1-13-11-15(14(2)24(13)16-5-7-17(28-4)8-6-16)12-18-19(25)22-21(29)23(20(18)26)9-10-27-3/h5-8,11-12H,9-10H2,1-4H3,(H,22,25,29)/b18-12-. The lowest BCUT2D eigenvalue weighted by Crippen LogP contribution is -2.54. The number of ether oxygens (including phenoxy) is 2. The predicted molar refractivity (Wildman–Crippen MR) is 114 cm³/mol. The molecule has 2 aromatic rings. The highest BCUT2D eigenvalue weighted by atomic mass is 32.1. The third-order valence-electron chi connectivity index (χ3n) is 4.81. The van der Waals surface area contributed by atoms with Crippen molar-refractivity contribution < 1.29 is 19.1 Å². The summed E-state index contributed by atoms with van der Waals surface area (Å²) in [6.45, 7) is 4.52. The quantitative estimate of drug-likeness (QED) is 0.447. The summed E-state index contributed by atoms with van der Waals surface area (Å²) in [5.74, 6) is -0.150. The molecule has 0 atom stereocenters. The van der Waals surface area contributed by atoms with Crippen LogP contribution < -0.4 is 10.1 Å². The summed E-state index contributed by atoms with van der Waals surface area (Å²) in [7, 11) is 3.17. The van der Waals surface area contributed by atoms with E-state index in [1.54, 1.807) is 20.3 Å². The number of methoxy groups -OCH3 is 2. The number of benzene rings is 1. The van der Waals surface area contributed by atoms with Crippen LogP contribution >= 0.6 is 12.2 Å². The van der Waals surface area contributed by atoms with Crippen molar-refractivity contribution in [2.75, 3.05) is 27.4 Å². The van der Waals surface area contributed by atoms with Crippen molar-refractivity contribution in [3.63, 3.8) is 0 Å². The number of nitrogens with one attached hydrogen (secondary N) is 1. The number of thiocarbonyl (C=S) groups is 1. The van der Waals surface area contributed by atoms with Crippen LogP contribution in [0.2, 0.25) is 0 Å².